The van der Waals surface area contributed by atoms with E-state index in [0.29, 0.717) is 6.04 Å². The smallest absolute Gasteiger partial charge is 0.0323 e. The number of rotatable bonds is 1. The molecule has 2 heteroatoms. The van der Waals surface area contributed by atoms with E-state index >= 15 is 0 Å². The molecule has 1 saturated heterocycles. The van der Waals surface area contributed by atoms with Crippen LogP contribution in [-0.2, 0) is 0 Å². The van der Waals surface area contributed by atoms with Crippen LogP contribution >= 0.6 is 12.4 Å². The van der Waals surface area contributed by atoms with Gasteiger partial charge in [-0.25, -0.2) is 0 Å². The summed E-state index contributed by atoms with van der Waals surface area (Å²) in [6.07, 6.45) is 2.61. The first-order valence-corrected chi connectivity index (χ1v) is 5.08. The number of nitrogens with one attached hydrogen (secondary N) is 1. The third kappa shape index (κ3) is 2.28. The van der Waals surface area contributed by atoms with Gasteiger partial charge in [-0.05, 0) is 44.4 Å². The summed E-state index contributed by atoms with van der Waals surface area (Å²) in [6, 6.07) is 7.37. The second-order valence-corrected chi connectivity index (χ2v) is 4.01. The summed E-state index contributed by atoms with van der Waals surface area (Å²) in [6.45, 7) is 5.54. The molecule has 1 N–H and O–H groups in total. The monoisotopic (exact) mass is 211 g/mol. The van der Waals surface area contributed by atoms with Crippen LogP contribution in [0.15, 0.2) is 18.2 Å². The van der Waals surface area contributed by atoms with E-state index in [1.807, 2.05) is 0 Å². The molecular weight excluding hydrogens is 194 g/mol. The minimum Gasteiger partial charge on any atom is -0.310 e. The third-order valence-electron chi connectivity index (χ3n) is 2.86. The largest absolute Gasteiger partial charge is 0.310 e. The van der Waals surface area contributed by atoms with Crippen LogP contribution < -0.4 is 5.32 Å². The van der Waals surface area contributed by atoms with Crippen LogP contribution in [0.1, 0.15) is 35.6 Å². The lowest BCUT2D eigenvalue weighted by Gasteiger charge is -2.13. The lowest BCUT2D eigenvalue weighted by atomic mass is 9.98. The molecular formula is C12H18ClN. The average Bonchev–Trinajstić information content (AvgIpc) is 2.56. The Balaban J connectivity index is 0.000000980. The maximum Gasteiger partial charge on any atom is 0.0323 e. The van der Waals surface area contributed by atoms with Crippen LogP contribution in [0.25, 0.3) is 0 Å². The summed E-state index contributed by atoms with van der Waals surface area (Å²) in [5, 5.41) is 3.53. The molecule has 0 aliphatic carbocycles. The van der Waals surface area contributed by atoms with E-state index in [4.69, 9.17) is 0 Å². The number of hydrogen-bond donors (Lipinski definition) is 1. The summed E-state index contributed by atoms with van der Waals surface area (Å²) in [7, 11) is 0. The van der Waals surface area contributed by atoms with Gasteiger partial charge in [-0.1, -0.05) is 23.8 Å². The van der Waals surface area contributed by atoms with E-state index in [2.05, 4.69) is 37.4 Å². The van der Waals surface area contributed by atoms with Gasteiger partial charge >= 0.3 is 0 Å². The third-order valence-corrected chi connectivity index (χ3v) is 2.86. The van der Waals surface area contributed by atoms with E-state index in [1.54, 1.807) is 0 Å². The SMILES string of the molecule is Cc1ccc([C@H]2CCCN2)c(C)c1.Cl. The van der Waals surface area contributed by atoms with Gasteiger partial charge in [0.1, 0.15) is 0 Å². The molecule has 0 saturated carbocycles. The van der Waals surface area contributed by atoms with Crippen molar-refractivity contribution in [3.05, 3.63) is 34.9 Å². The molecule has 1 fully saturated rings. The second-order valence-electron chi connectivity index (χ2n) is 4.01. The molecule has 1 aromatic rings. The molecule has 0 amide bonds. The first kappa shape index (κ1) is 11.5. The van der Waals surface area contributed by atoms with Crippen molar-refractivity contribution in [2.24, 2.45) is 0 Å². The molecule has 1 nitrogen and oxygen atoms in total. The first-order valence-electron chi connectivity index (χ1n) is 5.08. The van der Waals surface area contributed by atoms with Gasteiger partial charge in [0.2, 0.25) is 0 Å². The maximum atomic E-state index is 3.53. The van der Waals surface area contributed by atoms with Crippen molar-refractivity contribution in [3.8, 4) is 0 Å². The Kier molecular flexibility index (Phi) is 3.97. The highest BCUT2D eigenvalue weighted by atomic mass is 35.5. The Bertz CT molecular complexity index is 303. The maximum absolute atomic E-state index is 3.53. The molecule has 0 spiro atoms. The fourth-order valence-corrected chi connectivity index (χ4v) is 2.17. The zero-order valence-electron chi connectivity index (χ0n) is 8.84. The van der Waals surface area contributed by atoms with E-state index in [9.17, 15) is 0 Å². The van der Waals surface area contributed by atoms with Gasteiger partial charge in [-0.3, -0.25) is 0 Å². The van der Waals surface area contributed by atoms with Gasteiger partial charge in [0.05, 0.1) is 0 Å². The molecule has 14 heavy (non-hydrogen) atoms. The first-order chi connectivity index (χ1) is 6.27. The quantitative estimate of drug-likeness (QED) is 0.753. The summed E-state index contributed by atoms with van der Waals surface area (Å²) in [5.74, 6) is 0. The van der Waals surface area contributed by atoms with Crippen molar-refractivity contribution in [1.29, 1.82) is 0 Å². The average molecular weight is 212 g/mol. The molecule has 1 aliphatic rings. The van der Waals surface area contributed by atoms with Crippen molar-refractivity contribution in [2.75, 3.05) is 6.54 Å². The molecule has 1 aliphatic heterocycles. The number of hydrogen-bond acceptors (Lipinski definition) is 1. The molecule has 0 unspecified atom stereocenters. The number of benzene rings is 1. The lowest BCUT2D eigenvalue weighted by molar-refractivity contribution is 0.643. The Morgan fingerprint density at radius 2 is 2.07 bits per heavy atom. The van der Waals surface area contributed by atoms with Crippen LogP contribution in [0.2, 0.25) is 0 Å². The molecule has 0 bridgehead atoms. The van der Waals surface area contributed by atoms with Crippen LogP contribution in [0.3, 0.4) is 0 Å². The summed E-state index contributed by atoms with van der Waals surface area (Å²) in [4.78, 5) is 0. The zero-order valence-corrected chi connectivity index (χ0v) is 9.66. The predicted octanol–water partition coefficient (Wildman–Crippen LogP) is 3.15. The van der Waals surface area contributed by atoms with Crippen LogP contribution in [-0.4, -0.2) is 6.54 Å². The van der Waals surface area contributed by atoms with Crippen molar-refractivity contribution in [1.82, 2.24) is 5.32 Å². The molecule has 78 valence electrons. The standard InChI is InChI=1S/C12H17N.ClH/c1-9-5-6-11(10(2)8-9)12-4-3-7-13-12;/h5-6,8,12-13H,3-4,7H2,1-2H3;1H/t12-;/m1./s1. The number of aryl methyl sites for hydroxylation is 2. The molecule has 1 aromatic carbocycles. The fourth-order valence-electron chi connectivity index (χ4n) is 2.17. The molecule has 0 radical (unpaired) electrons. The molecule has 2 rings (SSSR count). The van der Waals surface area contributed by atoms with Gasteiger partial charge in [-0.2, -0.15) is 0 Å². The van der Waals surface area contributed by atoms with Crippen molar-refractivity contribution in [2.45, 2.75) is 32.7 Å². The van der Waals surface area contributed by atoms with Gasteiger partial charge < -0.3 is 5.32 Å². The van der Waals surface area contributed by atoms with Crippen LogP contribution in [0.5, 0.6) is 0 Å². The Labute approximate surface area is 92.3 Å². The van der Waals surface area contributed by atoms with E-state index in [1.165, 1.54) is 36.1 Å². The highest BCUT2D eigenvalue weighted by molar-refractivity contribution is 5.85. The highest BCUT2D eigenvalue weighted by Gasteiger charge is 2.17. The minimum atomic E-state index is 0. The zero-order chi connectivity index (χ0) is 9.26. The highest BCUT2D eigenvalue weighted by Crippen LogP contribution is 2.25. The molecule has 0 aromatic heterocycles. The van der Waals surface area contributed by atoms with Crippen LogP contribution in [0, 0.1) is 13.8 Å². The van der Waals surface area contributed by atoms with Gasteiger partial charge in [-0.15, -0.1) is 12.4 Å². The van der Waals surface area contributed by atoms with Crippen molar-refractivity contribution >= 4 is 12.4 Å². The fraction of sp³-hybridized carbons (Fsp3) is 0.500. The predicted molar refractivity (Wildman–Crippen MR) is 63.1 cm³/mol. The Morgan fingerprint density at radius 3 is 2.64 bits per heavy atom. The Morgan fingerprint density at radius 1 is 1.29 bits per heavy atom. The van der Waals surface area contributed by atoms with Gasteiger partial charge in [0.15, 0.2) is 0 Å². The van der Waals surface area contributed by atoms with Crippen molar-refractivity contribution in [3.63, 3.8) is 0 Å². The Hall–Kier alpha value is -0.530. The normalized spacial score (nSPS) is 20.6. The van der Waals surface area contributed by atoms with Crippen LogP contribution in [0.4, 0.5) is 0 Å². The number of halogens is 1. The summed E-state index contributed by atoms with van der Waals surface area (Å²) >= 11 is 0. The molecule has 1 atom stereocenters. The van der Waals surface area contributed by atoms with Crippen molar-refractivity contribution < 1.29 is 0 Å². The molecule has 1 heterocycles. The summed E-state index contributed by atoms with van der Waals surface area (Å²) in [5.41, 5.74) is 4.28. The topological polar surface area (TPSA) is 12.0 Å². The van der Waals surface area contributed by atoms with E-state index in [-0.39, 0.29) is 12.4 Å². The van der Waals surface area contributed by atoms with E-state index in [0.717, 1.165) is 0 Å². The van der Waals surface area contributed by atoms with Gasteiger partial charge in [0, 0.05) is 6.04 Å². The lowest BCUT2D eigenvalue weighted by Crippen LogP contribution is -2.13. The van der Waals surface area contributed by atoms with E-state index < -0.39 is 0 Å². The minimum absolute atomic E-state index is 0. The summed E-state index contributed by atoms with van der Waals surface area (Å²) < 4.78 is 0. The van der Waals surface area contributed by atoms with Gasteiger partial charge in [0.25, 0.3) is 0 Å². The second kappa shape index (κ2) is 4.81.